The summed E-state index contributed by atoms with van der Waals surface area (Å²) >= 11 is 0. The predicted molar refractivity (Wildman–Crippen MR) is 225 cm³/mol. The minimum Gasteiger partial charge on any atom is -0.455 e. The molecule has 3 aliphatic rings. The van der Waals surface area contributed by atoms with Crippen LogP contribution in [0.3, 0.4) is 0 Å². The molecular formula is C50H30N6O. The SMILES string of the molecule is N#Cc1c2c(c(-c3nc(-c4ccccc4)nc(-c4ccccc4)n3)c3oc4ccccc4c13)-n1c3c(c4ccccc41)CCC31C=Cc3c(n-2c2ccccc32)C1. The van der Waals surface area contributed by atoms with E-state index < -0.39 is 0 Å². The van der Waals surface area contributed by atoms with Crippen molar-refractivity contribution in [1.82, 2.24) is 24.1 Å². The average molecular weight is 731 g/mol. The van der Waals surface area contributed by atoms with Gasteiger partial charge in [-0.3, -0.25) is 0 Å². The van der Waals surface area contributed by atoms with Gasteiger partial charge in [0.1, 0.15) is 17.2 Å². The zero-order valence-corrected chi connectivity index (χ0v) is 30.6. The largest absolute Gasteiger partial charge is 0.455 e. The highest BCUT2D eigenvalue weighted by atomic mass is 16.3. The first-order chi connectivity index (χ1) is 28.2. The molecule has 1 spiro atoms. The molecular weight excluding hydrogens is 701 g/mol. The maximum absolute atomic E-state index is 11.6. The van der Waals surface area contributed by atoms with Crippen molar-refractivity contribution < 1.29 is 4.42 Å². The number of aryl methyl sites for hydroxylation is 1. The average Bonchev–Trinajstić information content (AvgIpc) is 4.01. The minimum absolute atomic E-state index is 0.262. The summed E-state index contributed by atoms with van der Waals surface area (Å²) in [6, 6.07) is 48.3. The highest BCUT2D eigenvalue weighted by Crippen LogP contribution is 2.56. The molecule has 0 radical (unpaired) electrons. The van der Waals surface area contributed by atoms with Crippen molar-refractivity contribution in [3.8, 4) is 51.6 Å². The number of aromatic nitrogens is 5. The molecule has 0 fully saturated rings. The van der Waals surface area contributed by atoms with Crippen molar-refractivity contribution in [1.29, 1.82) is 5.26 Å². The Morgan fingerprint density at radius 1 is 0.632 bits per heavy atom. The van der Waals surface area contributed by atoms with Gasteiger partial charge in [-0.1, -0.05) is 127 Å². The van der Waals surface area contributed by atoms with Gasteiger partial charge in [-0.2, -0.15) is 5.26 Å². The number of fused-ring (bicyclic) bond motifs is 12. The Morgan fingerprint density at radius 3 is 1.96 bits per heavy atom. The molecule has 1 atom stereocenters. The fourth-order valence-corrected chi connectivity index (χ4v) is 10.3. The van der Waals surface area contributed by atoms with E-state index in [1.54, 1.807) is 0 Å². The number of nitriles is 1. The maximum atomic E-state index is 11.6. The van der Waals surface area contributed by atoms with Crippen LogP contribution in [0.2, 0.25) is 0 Å². The fraction of sp³-hybridized carbons (Fsp3) is 0.0800. The second-order valence-corrected chi connectivity index (χ2v) is 15.5. The quantitative estimate of drug-likeness (QED) is 0.181. The standard InChI is InChI=1S/C50H30N6O/c51-28-36-41-35-19-9-12-22-40(35)57-45(41)42(49-53-47(29-13-3-1-4-14-29)52-48(54-49)30-15-5-2-6-16-30)44-43(36)55-37-20-10-7-17-31(37)33-23-25-50(27-39(33)55)26-24-34-32-18-8-11-21-38(32)56(44)46(34)50/h1-23,25H,24,26-27H2. The lowest BCUT2D eigenvalue weighted by atomic mass is 9.75. The summed E-state index contributed by atoms with van der Waals surface area (Å²) in [5.41, 5.74) is 12.9. The predicted octanol–water partition coefficient (Wildman–Crippen LogP) is 11.3. The molecule has 6 aromatic carbocycles. The van der Waals surface area contributed by atoms with Crippen LogP contribution in [0.4, 0.5) is 0 Å². The van der Waals surface area contributed by atoms with E-state index in [-0.39, 0.29) is 5.41 Å². The summed E-state index contributed by atoms with van der Waals surface area (Å²) in [4.78, 5) is 15.9. The van der Waals surface area contributed by atoms with Crippen LogP contribution in [0.1, 0.15) is 34.5 Å². The third-order valence-corrected chi connectivity index (χ3v) is 12.6. The van der Waals surface area contributed by atoms with Gasteiger partial charge in [0.25, 0.3) is 0 Å². The first-order valence-corrected chi connectivity index (χ1v) is 19.4. The molecule has 0 amide bonds. The fourth-order valence-electron chi connectivity index (χ4n) is 10.3. The van der Waals surface area contributed by atoms with Crippen molar-refractivity contribution in [2.24, 2.45) is 0 Å². The van der Waals surface area contributed by atoms with E-state index in [1.807, 2.05) is 78.9 Å². The number of rotatable bonds is 3. The molecule has 5 heterocycles. The highest BCUT2D eigenvalue weighted by molar-refractivity contribution is 6.17. The van der Waals surface area contributed by atoms with Crippen molar-refractivity contribution >= 4 is 49.8 Å². The first kappa shape index (κ1) is 30.7. The summed E-state index contributed by atoms with van der Waals surface area (Å²) in [5.74, 6) is 1.60. The number of hydrogen-bond donors (Lipinski definition) is 0. The molecule has 2 bridgehead atoms. The van der Waals surface area contributed by atoms with Crippen molar-refractivity contribution in [2.45, 2.75) is 24.7 Å². The molecule has 57 heavy (non-hydrogen) atoms. The van der Waals surface area contributed by atoms with Crippen LogP contribution in [0.25, 0.3) is 95.4 Å². The van der Waals surface area contributed by atoms with Gasteiger partial charge in [0.05, 0.1) is 33.5 Å². The zero-order valence-electron chi connectivity index (χ0n) is 30.6. The van der Waals surface area contributed by atoms with E-state index in [9.17, 15) is 5.26 Å². The third-order valence-electron chi connectivity index (χ3n) is 12.6. The van der Waals surface area contributed by atoms with Crippen LogP contribution in [-0.2, 0) is 18.3 Å². The van der Waals surface area contributed by atoms with Gasteiger partial charge < -0.3 is 13.6 Å². The molecule has 1 unspecified atom stereocenters. The zero-order chi connectivity index (χ0) is 37.4. The maximum Gasteiger partial charge on any atom is 0.170 e. The Hall–Kier alpha value is -7.56. The molecule has 7 nitrogen and oxygen atoms in total. The van der Waals surface area contributed by atoms with Crippen LogP contribution in [0, 0.1) is 11.3 Å². The number of nitrogens with zero attached hydrogens (tertiary/aromatic N) is 6. The Kier molecular flexibility index (Phi) is 5.94. The molecule has 4 aromatic heterocycles. The summed E-state index contributed by atoms with van der Waals surface area (Å²) in [5, 5.41) is 15.6. The van der Waals surface area contributed by atoms with E-state index in [0.29, 0.717) is 34.2 Å². The summed E-state index contributed by atoms with van der Waals surface area (Å²) in [6.07, 6.45) is 7.58. The van der Waals surface area contributed by atoms with Crippen molar-refractivity contribution in [3.63, 3.8) is 0 Å². The van der Waals surface area contributed by atoms with Gasteiger partial charge in [0.15, 0.2) is 17.5 Å². The topological polar surface area (TPSA) is 85.5 Å². The number of furan rings is 1. The highest BCUT2D eigenvalue weighted by Gasteiger charge is 2.47. The van der Waals surface area contributed by atoms with Crippen LogP contribution < -0.4 is 0 Å². The first-order valence-electron chi connectivity index (χ1n) is 19.4. The number of benzene rings is 6. The minimum atomic E-state index is -0.262. The molecule has 266 valence electrons. The monoisotopic (exact) mass is 730 g/mol. The molecule has 10 aromatic rings. The number of hydrogen-bond acceptors (Lipinski definition) is 5. The molecule has 0 N–H and O–H groups in total. The van der Waals surface area contributed by atoms with E-state index in [1.165, 1.54) is 33.3 Å². The van der Waals surface area contributed by atoms with Gasteiger partial charge in [-0.05, 0) is 36.6 Å². The lowest BCUT2D eigenvalue weighted by molar-refractivity contribution is 0.491. The Morgan fingerprint density at radius 2 is 1.25 bits per heavy atom. The lowest BCUT2D eigenvalue weighted by Crippen LogP contribution is -2.32. The van der Waals surface area contributed by atoms with Gasteiger partial charge in [0, 0.05) is 61.5 Å². The van der Waals surface area contributed by atoms with Crippen LogP contribution in [-0.4, -0.2) is 24.1 Å². The van der Waals surface area contributed by atoms with Crippen LogP contribution in [0.5, 0.6) is 0 Å². The molecule has 7 heteroatoms. The van der Waals surface area contributed by atoms with E-state index in [2.05, 4.69) is 82.0 Å². The van der Waals surface area contributed by atoms with Crippen LogP contribution in [0.15, 0.2) is 144 Å². The Balaban J connectivity index is 1.32. The summed E-state index contributed by atoms with van der Waals surface area (Å²) in [7, 11) is 0. The van der Waals surface area contributed by atoms with Gasteiger partial charge in [-0.25, -0.2) is 15.0 Å². The summed E-state index contributed by atoms with van der Waals surface area (Å²) in [6.45, 7) is 0. The van der Waals surface area contributed by atoms with Gasteiger partial charge in [-0.15, -0.1) is 0 Å². The smallest absolute Gasteiger partial charge is 0.170 e. The summed E-state index contributed by atoms with van der Waals surface area (Å²) < 4.78 is 11.9. The second kappa shape index (κ2) is 11.0. The van der Waals surface area contributed by atoms with Gasteiger partial charge >= 0.3 is 0 Å². The third kappa shape index (κ3) is 3.96. The van der Waals surface area contributed by atoms with E-state index >= 15 is 0 Å². The van der Waals surface area contributed by atoms with E-state index in [4.69, 9.17) is 19.4 Å². The van der Waals surface area contributed by atoms with Crippen LogP contribution >= 0.6 is 0 Å². The normalized spacial score (nSPS) is 16.2. The molecule has 2 aliphatic carbocycles. The molecule has 0 saturated carbocycles. The number of para-hydroxylation sites is 3. The lowest BCUT2D eigenvalue weighted by Gasteiger charge is -2.36. The Bertz CT molecular complexity index is 3400. The van der Waals surface area contributed by atoms with Crippen molar-refractivity contribution in [3.05, 3.63) is 168 Å². The molecule has 1 aliphatic heterocycles. The Labute approximate surface area is 326 Å². The molecule has 13 rings (SSSR count). The second-order valence-electron chi connectivity index (χ2n) is 15.5. The van der Waals surface area contributed by atoms with Crippen molar-refractivity contribution in [2.75, 3.05) is 0 Å². The number of allylic oxidation sites excluding steroid dienone is 1. The van der Waals surface area contributed by atoms with E-state index in [0.717, 1.165) is 69.1 Å². The molecule has 0 saturated heterocycles. The van der Waals surface area contributed by atoms with Gasteiger partial charge in [0.2, 0.25) is 0 Å².